The molecule has 1 saturated heterocycles. The Morgan fingerprint density at radius 1 is 1.05 bits per heavy atom. The summed E-state index contributed by atoms with van der Waals surface area (Å²) in [7, 11) is 0. The number of hydrogen-bond donors (Lipinski definition) is 0. The van der Waals surface area contributed by atoms with Crippen LogP contribution in [0.2, 0.25) is 0 Å². The minimum Gasteiger partial charge on any atom is -0.294 e. The van der Waals surface area contributed by atoms with E-state index in [1.54, 1.807) is 0 Å². The molecule has 2 heteroatoms. The van der Waals surface area contributed by atoms with Gasteiger partial charge < -0.3 is 0 Å². The lowest BCUT2D eigenvalue weighted by Crippen LogP contribution is -2.53. The molecule has 3 rings (SSSR count). The maximum Gasteiger partial charge on any atom is 0.0342 e. The van der Waals surface area contributed by atoms with Gasteiger partial charge >= 0.3 is 0 Å². The van der Waals surface area contributed by atoms with E-state index in [0.29, 0.717) is 22.2 Å². The average Bonchev–Trinajstić information content (AvgIpc) is 2.71. The van der Waals surface area contributed by atoms with Gasteiger partial charge in [0.2, 0.25) is 0 Å². The highest BCUT2D eigenvalue weighted by atomic mass is 32.2. The first-order valence-electron chi connectivity index (χ1n) is 8.94. The van der Waals surface area contributed by atoms with E-state index in [1.165, 1.54) is 43.5 Å². The van der Waals surface area contributed by atoms with E-state index in [-0.39, 0.29) is 0 Å². The summed E-state index contributed by atoms with van der Waals surface area (Å²) >= 11 is 2.14. The first-order valence-corrected chi connectivity index (χ1v) is 9.82. The number of nitrogens with zero attached hydrogens (tertiary/aromatic N) is 1. The van der Waals surface area contributed by atoms with Crippen molar-refractivity contribution in [3.05, 3.63) is 30.3 Å². The molecule has 1 spiro atoms. The fraction of sp³-hybridized carbons (Fsp3) is 0.700. The van der Waals surface area contributed by atoms with Crippen molar-refractivity contribution < 1.29 is 0 Å². The van der Waals surface area contributed by atoms with Gasteiger partial charge in [0.15, 0.2) is 0 Å². The van der Waals surface area contributed by atoms with Crippen molar-refractivity contribution in [3.63, 3.8) is 0 Å². The summed E-state index contributed by atoms with van der Waals surface area (Å²) in [6, 6.07) is 11.7. The molecule has 0 N–H and O–H groups in total. The van der Waals surface area contributed by atoms with Gasteiger partial charge in [0.1, 0.15) is 0 Å². The topological polar surface area (TPSA) is 3.24 Å². The molecule has 1 atom stereocenters. The number of hydrogen-bond acceptors (Lipinski definition) is 2. The van der Waals surface area contributed by atoms with Crippen LogP contribution >= 0.6 is 11.8 Å². The summed E-state index contributed by atoms with van der Waals surface area (Å²) in [5, 5.41) is 0.699. The van der Waals surface area contributed by atoms with Crippen LogP contribution in [0.3, 0.4) is 0 Å². The summed E-state index contributed by atoms with van der Waals surface area (Å²) in [5.41, 5.74) is 0.790. The maximum absolute atomic E-state index is 2.85. The zero-order chi connectivity index (χ0) is 15.8. The fourth-order valence-electron chi connectivity index (χ4n) is 4.87. The molecule has 22 heavy (non-hydrogen) atoms. The Labute approximate surface area is 140 Å². The minimum absolute atomic E-state index is 0.377. The average molecular weight is 318 g/mol. The van der Waals surface area contributed by atoms with E-state index in [1.807, 2.05) is 0 Å². The van der Waals surface area contributed by atoms with Gasteiger partial charge in [0.25, 0.3) is 0 Å². The van der Waals surface area contributed by atoms with Gasteiger partial charge in [0.05, 0.1) is 0 Å². The molecule has 0 radical (unpaired) electrons. The molecular formula is C20H31NS. The Kier molecular flexibility index (Phi) is 4.62. The van der Waals surface area contributed by atoms with Gasteiger partial charge in [-0.25, -0.2) is 0 Å². The van der Waals surface area contributed by atoms with Crippen LogP contribution in [0.1, 0.15) is 59.8 Å². The Morgan fingerprint density at radius 3 is 2.27 bits per heavy atom. The Bertz CT molecular complexity index is 488. The van der Waals surface area contributed by atoms with Gasteiger partial charge in [-0.15, -0.1) is 11.8 Å². The third-order valence-electron chi connectivity index (χ3n) is 5.69. The first kappa shape index (κ1) is 16.4. The fourth-order valence-corrected chi connectivity index (χ4v) is 6.44. The van der Waals surface area contributed by atoms with Crippen LogP contribution in [0.15, 0.2) is 35.2 Å². The van der Waals surface area contributed by atoms with Crippen molar-refractivity contribution >= 4 is 11.8 Å². The molecule has 122 valence electrons. The molecule has 0 amide bonds. The zero-order valence-electron chi connectivity index (χ0n) is 14.6. The van der Waals surface area contributed by atoms with Crippen LogP contribution in [0.4, 0.5) is 0 Å². The van der Waals surface area contributed by atoms with Gasteiger partial charge in [-0.05, 0) is 44.2 Å². The molecule has 1 heterocycles. The van der Waals surface area contributed by atoms with Crippen molar-refractivity contribution in [2.24, 2.45) is 5.41 Å². The van der Waals surface area contributed by atoms with Crippen LogP contribution in [0.5, 0.6) is 0 Å². The lowest BCUT2D eigenvalue weighted by molar-refractivity contribution is 0.0679. The second-order valence-electron chi connectivity index (χ2n) is 8.19. The summed E-state index contributed by atoms with van der Waals surface area (Å²) < 4.78 is 0. The molecule has 1 aliphatic heterocycles. The molecule has 1 aromatic carbocycles. The van der Waals surface area contributed by atoms with Gasteiger partial charge in [-0.1, -0.05) is 51.3 Å². The third-order valence-corrected chi connectivity index (χ3v) is 7.54. The van der Waals surface area contributed by atoms with E-state index in [9.17, 15) is 0 Å². The van der Waals surface area contributed by atoms with Gasteiger partial charge in [-0.3, -0.25) is 4.90 Å². The predicted molar refractivity (Wildman–Crippen MR) is 97.5 cm³/mol. The van der Waals surface area contributed by atoms with Crippen molar-refractivity contribution in [3.8, 4) is 0 Å². The second-order valence-corrected chi connectivity index (χ2v) is 9.36. The normalized spacial score (nSPS) is 27.6. The molecular weight excluding hydrogens is 286 g/mol. The highest BCUT2D eigenvalue weighted by Gasteiger charge is 2.57. The molecule has 2 aliphatic rings. The van der Waals surface area contributed by atoms with Crippen molar-refractivity contribution in [2.75, 3.05) is 6.54 Å². The van der Waals surface area contributed by atoms with Crippen LogP contribution in [0.25, 0.3) is 0 Å². The van der Waals surface area contributed by atoms with Crippen LogP contribution in [-0.2, 0) is 0 Å². The highest BCUT2D eigenvalue weighted by Crippen LogP contribution is 2.56. The molecule has 1 aliphatic carbocycles. The molecule has 1 unspecified atom stereocenters. The number of rotatable bonds is 3. The van der Waals surface area contributed by atoms with E-state index in [0.717, 1.165) is 0 Å². The standard InChI is InChI=1S/C20H31NS/c1-16(2)21-15-19(3,4)18(20(21)13-9-6-10-14-20)22-17-11-7-5-8-12-17/h5,7-8,11-12,16,18H,6,9-10,13-15H2,1-4H3. The SMILES string of the molecule is CC(C)N1CC(C)(C)C(Sc2ccccc2)C12CCCCC2. The first-order chi connectivity index (χ1) is 10.5. The predicted octanol–water partition coefficient (Wildman–Crippen LogP) is 5.60. The van der Waals surface area contributed by atoms with E-state index >= 15 is 0 Å². The molecule has 1 aromatic rings. The number of benzene rings is 1. The molecule has 2 fully saturated rings. The quantitative estimate of drug-likeness (QED) is 0.714. The number of thioether (sulfide) groups is 1. The Hall–Kier alpha value is -0.470. The molecule has 0 aromatic heterocycles. The summed E-state index contributed by atoms with van der Waals surface area (Å²) in [6.07, 6.45) is 7.02. The third kappa shape index (κ3) is 2.85. The van der Waals surface area contributed by atoms with Crippen molar-refractivity contribution in [1.29, 1.82) is 0 Å². The summed E-state index contributed by atoms with van der Waals surface area (Å²) in [4.78, 5) is 4.29. The lowest BCUT2D eigenvalue weighted by Gasteiger charge is -2.47. The van der Waals surface area contributed by atoms with Gasteiger partial charge in [0, 0.05) is 28.3 Å². The zero-order valence-corrected chi connectivity index (χ0v) is 15.5. The smallest absolute Gasteiger partial charge is 0.0342 e. The second kappa shape index (κ2) is 6.20. The Morgan fingerprint density at radius 2 is 1.68 bits per heavy atom. The van der Waals surface area contributed by atoms with Crippen LogP contribution in [-0.4, -0.2) is 28.3 Å². The van der Waals surface area contributed by atoms with E-state index in [2.05, 4.69) is 74.7 Å². The molecule has 1 saturated carbocycles. The lowest BCUT2D eigenvalue weighted by atomic mass is 9.74. The largest absolute Gasteiger partial charge is 0.294 e. The summed E-state index contributed by atoms with van der Waals surface area (Å²) in [5.74, 6) is 0. The van der Waals surface area contributed by atoms with E-state index in [4.69, 9.17) is 0 Å². The highest BCUT2D eigenvalue weighted by molar-refractivity contribution is 8.00. The van der Waals surface area contributed by atoms with Crippen LogP contribution in [0, 0.1) is 5.41 Å². The molecule has 1 nitrogen and oxygen atoms in total. The minimum atomic E-state index is 0.377. The van der Waals surface area contributed by atoms with Gasteiger partial charge in [-0.2, -0.15) is 0 Å². The van der Waals surface area contributed by atoms with Crippen LogP contribution < -0.4 is 0 Å². The monoisotopic (exact) mass is 317 g/mol. The number of likely N-dealkylation sites (tertiary alicyclic amines) is 1. The maximum atomic E-state index is 2.85. The molecule has 0 bridgehead atoms. The Balaban J connectivity index is 1.95. The van der Waals surface area contributed by atoms with E-state index < -0.39 is 0 Å². The summed E-state index contributed by atoms with van der Waals surface area (Å²) in [6.45, 7) is 11.0. The van der Waals surface area contributed by atoms with Crippen molar-refractivity contribution in [2.45, 2.75) is 81.5 Å². The van der Waals surface area contributed by atoms with Crippen molar-refractivity contribution in [1.82, 2.24) is 4.90 Å².